The Labute approximate surface area is 154 Å². The van der Waals surface area contributed by atoms with Crippen LogP contribution in [0, 0.1) is 0 Å². The summed E-state index contributed by atoms with van der Waals surface area (Å²) in [6.07, 6.45) is 3.89. The quantitative estimate of drug-likeness (QED) is 0.863. The van der Waals surface area contributed by atoms with Crippen molar-refractivity contribution in [3.8, 4) is 11.5 Å². The second-order valence-electron chi connectivity index (χ2n) is 6.37. The highest BCUT2D eigenvalue weighted by molar-refractivity contribution is 5.78. The van der Waals surface area contributed by atoms with Gasteiger partial charge < -0.3 is 19.7 Å². The van der Waals surface area contributed by atoms with Crippen molar-refractivity contribution >= 4 is 11.7 Å². The SMILES string of the molecule is CNc1cc(C2CCCN(C(=O)COc3ccc(OC)cc3)C2)ccn1. The highest BCUT2D eigenvalue weighted by Crippen LogP contribution is 2.28. The van der Waals surface area contributed by atoms with E-state index < -0.39 is 0 Å². The van der Waals surface area contributed by atoms with Crippen LogP contribution in [0.25, 0.3) is 0 Å². The number of carbonyl (C=O) groups excluding carboxylic acids is 1. The largest absolute Gasteiger partial charge is 0.497 e. The zero-order valence-electron chi connectivity index (χ0n) is 15.3. The molecule has 1 unspecified atom stereocenters. The minimum Gasteiger partial charge on any atom is -0.497 e. The Bertz CT molecular complexity index is 733. The fourth-order valence-electron chi connectivity index (χ4n) is 3.22. The lowest BCUT2D eigenvalue weighted by atomic mass is 9.91. The highest BCUT2D eigenvalue weighted by atomic mass is 16.5. The van der Waals surface area contributed by atoms with Crippen molar-refractivity contribution in [2.24, 2.45) is 0 Å². The van der Waals surface area contributed by atoms with E-state index in [0.29, 0.717) is 11.7 Å². The van der Waals surface area contributed by atoms with Crippen LogP contribution in [0.15, 0.2) is 42.6 Å². The van der Waals surface area contributed by atoms with Crippen molar-refractivity contribution in [3.05, 3.63) is 48.2 Å². The summed E-state index contributed by atoms with van der Waals surface area (Å²) in [6.45, 7) is 1.56. The van der Waals surface area contributed by atoms with Gasteiger partial charge in [0, 0.05) is 32.3 Å². The van der Waals surface area contributed by atoms with Gasteiger partial charge in [0.1, 0.15) is 17.3 Å². The standard InChI is InChI=1S/C20H25N3O3/c1-21-19-12-15(9-10-22-19)16-4-3-11-23(13-16)20(24)14-26-18-7-5-17(25-2)6-8-18/h5-10,12,16H,3-4,11,13-14H2,1-2H3,(H,21,22). The number of piperidine rings is 1. The molecule has 1 amide bonds. The Morgan fingerprint density at radius 1 is 1.27 bits per heavy atom. The van der Waals surface area contributed by atoms with Gasteiger partial charge in [0.05, 0.1) is 7.11 Å². The van der Waals surface area contributed by atoms with Gasteiger partial charge in [-0.1, -0.05) is 0 Å². The summed E-state index contributed by atoms with van der Waals surface area (Å²) in [7, 11) is 3.48. The summed E-state index contributed by atoms with van der Waals surface area (Å²) in [6, 6.07) is 11.3. The summed E-state index contributed by atoms with van der Waals surface area (Å²) in [5.41, 5.74) is 1.22. The van der Waals surface area contributed by atoms with Gasteiger partial charge in [-0.2, -0.15) is 0 Å². The molecule has 6 nitrogen and oxygen atoms in total. The van der Waals surface area contributed by atoms with Crippen LogP contribution in [0.2, 0.25) is 0 Å². The van der Waals surface area contributed by atoms with Crippen LogP contribution in [0.4, 0.5) is 5.82 Å². The third-order valence-electron chi connectivity index (χ3n) is 4.71. The molecule has 2 aromatic rings. The van der Waals surface area contributed by atoms with E-state index in [2.05, 4.69) is 16.4 Å². The average Bonchev–Trinajstić information content (AvgIpc) is 2.72. The molecule has 1 atom stereocenters. The zero-order valence-corrected chi connectivity index (χ0v) is 15.3. The summed E-state index contributed by atoms with van der Waals surface area (Å²) < 4.78 is 10.8. The van der Waals surface area contributed by atoms with Gasteiger partial charge in [-0.15, -0.1) is 0 Å². The fraction of sp³-hybridized carbons (Fsp3) is 0.400. The lowest BCUT2D eigenvalue weighted by Gasteiger charge is -2.33. The number of hydrogen-bond donors (Lipinski definition) is 1. The van der Waals surface area contributed by atoms with Crippen LogP contribution in [-0.2, 0) is 4.79 Å². The summed E-state index contributed by atoms with van der Waals surface area (Å²) >= 11 is 0. The molecule has 3 rings (SSSR count). The number of nitrogens with one attached hydrogen (secondary N) is 1. The average molecular weight is 355 g/mol. The summed E-state index contributed by atoms with van der Waals surface area (Å²) in [4.78, 5) is 18.7. The van der Waals surface area contributed by atoms with Crippen molar-refractivity contribution in [1.82, 2.24) is 9.88 Å². The number of benzene rings is 1. The Morgan fingerprint density at radius 3 is 2.77 bits per heavy atom. The first-order valence-electron chi connectivity index (χ1n) is 8.88. The van der Waals surface area contributed by atoms with Gasteiger partial charge >= 0.3 is 0 Å². The van der Waals surface area contributed by atoms with Crippen molar-refractivity contribution in [2.75, 3.05) is 39.2 Å². The Kier molecular flexibility index (Phi) is 5.94. The van der Waals surface area contributed by atoms with E-state index in [1.54, 1.807) is 19.2 Å². The van der Waals surface area contributed by atoms with Gasteiger partial charge in [-0.05, 0) is 54.8 Å². The number of carbonyl (C=O) groups is 1. The molecule has 1 aromatic carbocycles. The molecule has 0 spiro atoms. The number of amides is 1. The molecule has 0 saturated carbocycles. The maximum atomic E-state index is 12.5. The fourth-order valence-corrected chi connectivity index (χ4v) is 3.22. The van der Waals surface area contributed by atoms with Gasteiger partial charge in [-0.3, -0.25) is 4.79 Å². The van der Waals surface area contributed by atoms with Gasteiger partial charge in [-0.25, -0.2) is 4.98 Å². The molecular weight excluding hydrogens is 330 g/mol. The first-order valence-corrected chi connectivity index (χ1v) is 8.88. The van der Waals surface area contributed by atoms with Crippen molar-refractivity contribution in [2.45, 2.75) is 18.8 Å². The van der Waals surface area contributed by atoms with E-state index in [0.717, 1.165) is 37.5 Å². The van der Waals surface area contributed by atoms with E-state index in [4.69, 9.17) is 9.47 Å². The predicted octanol–water partition coefficient (Wildman–Crippen LogP) is 2.92. The van der Waals surface area contributed by atoms with E-state index in [9.17, 15) is 4.79 Å². The van der Waals surface area contributed by atoms with Crippen LogP contribution in [0.5, 0.6) is 11.5 Å². The number of aromatic nitrogens is 1. The van der Waals surface area contributed by atoms with Gasteiger partial charge in [0.25, 0.3) is 5.91 Å². The smallest absolute Gasteiger partial charge is 0.260 e. The van der Waals surface area contributed by atoms with Crippen LogP contribution in [0.3, 0.4) is 0 Å². The zero-order chi connectivity index (χ0) is 18.4. The number of likely N-dealkylation sites (tertiary alicyclic amines) is 1. The number of nitrogens with zero attached hydrogens (tertiary/aromatic N) is 2. The summed E-state index contributed by atoms with van der Waals surface area (Å²) in [5, 5.41) is 3.07. The molecule has 6 heteroatoms. The van der Waals surface area contributed by atoms with E-state index in [1.807, 2.05) is 36.3 Å². The Balaban J connectivity index is 1.56. The van der Waals surface area contributed by atoms with Crippen LogP contribution in [0.1, 0.15) is 24.3 Å². The molecule has 0 bridgehead atoms. The molecule has 1 saturated heterocycles. The first kappa shape index (κ1) is 18.0. The lowest BCUT2D eigenvalue weighted by molar-refractivity contribution is -0.134. The molecule has 1 aliphatic rings. The topological polar surface area (TPSA) is 63.7 Å². The highest BCUT2D eigenvalue weighted by Gasteiger charge is 2.25. The number of ether oxygens (including phenoxy) is 2. The predicted molar refractivity (Wildman–Crippen MR) is 101 cm³/mol. The number of hydrogen-bond acceptors (Lipinski definition) is 5. The monoisotopic (exact) mass is 355 g/mol. The molecule has 0 aliphatic carbocycles. The maximum absolute atomic E-state index is 12.5. The van der Waals surface area contributed by atoms with Gasteiger partial charge in [0.2, 0.25) is 0 Å². The van der Waals surface area contributed by atoms with Crippen molar-refractivity contribution < 1.29 is 14.3 Å². The van der Waals surface area contributed by atoms with E-state index in [1.165, 1.54) is 5.56 Å². The molecule has 26 heavy (non-hydrogen) atoms. The van der Waals surface area contributed by atoms with Crippen molar-refractivity contribution in [3.63, 3.8) is 0 Å². The molecule has 1 aliphatic heterocycles. The van der Waals surface area contributed by atoms with Gasteiger partial charge in [0.15, 0.2) is 6.61 Å². The van der Waals surface area contributed by atoms with Crippen LogP contribution >= 0.6 is 0 Å². The Morgan fingerprint density at radius 2 is 2.04 bits per heavy atom. The minimum atomic E-state index is 0.0217. The maximum Gasteiger partial charge on any atom is 0.260 e. The van der Waals surface area contributed by atoms with E-state index in [-0.39, 0.29) is 12.5 Å². The number of pyridine rings is 1. The molecule has 0 radical (unpaired) electrons. The van der Waals surface area contributed by atoms with E-state index >= 15 is 0 Å². The van der Waals surface area contributed by atoms with Crippen molar-refractivity contribution in [1.29, 1.82) is 0 Å². The second kappa shape index (κ2) is 8.56. The van der Waals surface area contributed by atoms with Crippen LogP contribution in [-0.4, -0.2) is 49.6 Å². The number of rotatable bonds is 6. The number of anilines is 1. The third kappa shape index (κ3) is 4.45. The molecule has 1 fully saturated rings. The number of methoxy groups -OCH3 is 1. The summed E-state index contributed by atoms with van der Waals surface area (Å²) in [5.74, 6) is 2.65. The normalized spacial score (nSPS) is 16.8. The molecule has 138 valence electrons. The minimum absolute atomic E-state index is 0.0217. The molecule has 1 N–H and O–H groups in total. The lowest BCUT2D eigenvalue weighted by Crippen LogP contribution is -2.41. The first-order chi connectivity index (χ1) is 12.7. The van der Waals surface area contributed by atoms with Crippen LogP contribution < -0.4 is 14.8 Å². The third-order valence-corrected chi connectivity index (χ3v) is 4.71. The molecule has 2 heterocycles. The molecule has 1 aromatic heterocycles. The molecular formula is C20H25N3O3. The Hall–Kier alpha value is -2.76. The second-order valence-corrected chi connectivity index (χ2v) is 6.37.